The summed E-state index contributed by atoms with van der Waals surface area (Å²) in [5, 5.41) is 1.14. The van der Waals surface area contributed by atoms with Crippen LogP contribution < -0.4 is 8.85 Å². The van der Waals surface area contributed by atoms with Gasteiger partial charge in [-0.25, -0.2) is 9.86 Å². The summed E-state index contributed by atoms with van der Waals surface area (Å²) >= 11 is 0. The van der Waals surface area contributed by atoms with Crippen molar-refractivity contribution in [2.24, 2.45) is 5.92 Å². The molecular weight excluding hydrogens is 691 g/mol. The smallest absolute Gasteiger partial charge is 0.341 e. The number of hydroxylamine groups is 2. The van der Waals surface area contributed by atoms with Gasteiger partial charge in [-0.3, -0.25) is 9.63 Å². The average molecular weight is 768 g/mol. The zero-order valence-corrected chi connectivity index (χ0v) is 39.7. The number of nitrogens with zero attached hydrogens (tertiary/aromatic N) is 1. The number of esters is 1. The van der Waals surface area contributed by atoms with E-state index in [1.165, 1.54) is 19.3 Å². The molecule has 0 unspecified atom stereocenters. The van der Waals surface area contributed by atoms with Crippen LogP contribution in [0.25, 0.3) is 0 Å². The second-order valence-electron chi connectivity index (χ2n) is 18.1. The van der Waals surface area contributed by atoms with Gasteiger partial charge in [-0.05, 0) is 75.9 Å². The average Bonchev–Trinajstić information content (AvgIpc) is 3.00. The quantitative estimate of drug-likeness (QED) is 0.0835. The molecule has 0 spiro atoms. The summed E-state index contributed by atoms with van der Waals surface area (Å²) in [6, 6.07) is 1.99. The van der Waals surface area contributed by atoms with Crippen molar-refractivity contribution < 1.29 is 32.4 Å². The lowest BCUT2D eigenvalue weighted by molar-refractivity contribution is -0.175. The fourth-order valence-corrected chi connectivity index (χ4v) is 20.2. The van der Waals surface area contributed by atoms with Gasteiger partial charge < -0.3 is 18.0 Å². The summed E-state index contributed by atoms with van der Waals surface area (Å²) in [5.41, 5.74) is 3.80. The molecule has 296 valence electrons. The van der Waals surface area contributed by atoms with Crippen molar-refractivity contribution in [3.63, 3.8) is 0 Å². The minimum atomic E-state index is -2.56. The van der Waals surface area contributed by atoms with Crippen LogP contribution in [0.4, 0.5) is 0 Å². The molecule has 0 heterocycles. The summed E-state index contributed by atoms with van der Waals surface area (Å²) in [5.74, 6) is 0.0213. The van der Waals surface area contributed by atoms with Gasteiger partial charge in [0.05, 0.1) is 26.2 Å². The molecule has 0 bridgehead atoms. The molecule has 0 N–H and O–H groups in total. The molecule has 0 aromatic heterocycles. The van der Waals surface area contributed by atoms with E-state index < -0.39 is 42.9 Å². The molecule has 0 aliphatic heterocycles. The third-order valence-electron chi connectivity index (χ3n) is 12.2. The van der Waals surface area contributed by atoms with Crippen molar-refractivity contribution in [2.45, 2.75) is 182 Å². The van der Waals surface area contributed by atoms with E-state index in [2.05, 4.69) is 117 Å². The van der Waals surface area contributed by atoms with Gasteiger partial charge in [-0.2, -0.15) is 0 Å². The maximum Gasteiger partial charge on any atom is 0.341 e. The van der Waals surface area contributed by atoms with E-state index in [1.807, 2.05) is 19.9 Å². The summed E-state index contributed by atoms with van der Waals surface area (Å²) in [6.07, 6.45) is -0.272. The Morgan fingerprint density at radius 3 is 1.45 bits per heavy atom. The zero-order chi connectivity index (χ0) is 40.2. The molecule has 1 aromatic carbocycles. The number of benzene rings is 1. The molecule has 1 aromatic rings. The van der Waals surface area contributed by atoms with Crippen LogP contribution in [0.15, 0.2) is 6.07 Å². The Balaban J connectivity index is 4.52. The number of ether oxygens (including phenoxy) is 1. The number of hydrogen-bond donors (Lipinski definition) is 0. The van der Waals surface area contributed by atoms with E-state index in [9.17, 15) is 9.59 Å². The van der Waals surface area contributed by atoms with E-state index in [0.717, 1.165) is 16.9 Å². The summed E-state index contributed by atoms with van der Waals surface area (Å²) in [6.45, 7) is 42.0. The van der Waals surface area contributed by atoms with Crippen LogP contribution in [-0.2, 0) is 25.2 Å². The third-order valence-corrected chi connectivity index (χ3v) is 28.7. The number of carbonyl (C=O) groups excluding carboxylic acids is 2. The van der Waals surface area contributed by atoms with Gasteiger partial charge >= 0.3 is 5.97 Å². The number of amides is 1. The highest BCUT2D eigenvalue weighted by Gasteiger charge is 2.50. The predicted molar refractivity (Wildman–Crippen MR) is 221 cm³/mol. The minimum absolute atomic E-state index is 0.116. The van der Waals surface area contributed by atoms with E-state index in [-0.39, 0.29) is 27.6 Å². The Hall–Kier alpha value is -1.67. The van der Waals surface area contributed by atoms with Crippen LogP contribution in [0.2, 0.25) is 51.4 Å². The Labute approximate surface area is 316 Å². The van der Waals surface area contributed by atoms with Crippen molar-refractivity contribution in [2.75, 3.05) is 21.3 Å². The largest absolute Gasteiger partial charge is 0.542 e. The number of carbonyl (C=O) groups is 2. The van der Waals surface area contributed by atoms with E-state index in [0.29, 0.717) is 34.4 Å². The second-order valence-corrected chi connectivity index (χ2v) is 33.6. The summed E-state index contributed by atoms with van der Waals surface area (Å²) < 4.78 is 27.6. The lowest BCUT2D eigenvalue weighted by Crippen LogP contribution is -2.52. The lowest BCUT2D eigenvalue weighted by atomic mass is 9.90. The van der Waals surface area contributed by atoms with Gasteiger partial charge in [-0.15, -0.1) is 0 Å². The molecule has 0 saturated carbocycles. The number of hydrogen-bond acceptors (Lipinski definition) is 7. The Morgan fingerprint density at radius 2 is 1.12 bits per heavy atom. The summed E-state index contributed by atoms with van der Waals surface area (Å²) in [4.78, 5) is 33.3. The van der Waals surface area contributed by atoms with Crippen molar-refractivity contribution in [1.29, 1.82) is 0 Å². The van der Waals surface area contributed by atoms with Crippen LogP contribution in [0, 0.1) is 12.8 Å². The van der Waals surface area contributed by atoms with Crippen molar-refractivity contribution in [1.82, 2.24) is 5.06 Å². The molecule has 51 heavy (non-hydrogen) atoms. The maximum absolute atomic E-state index is 14.2. The molecular formula is C40H77NO7Si3. The van der Waals surface area contributed by atoms with E-state index in [4.69, 9.17) is 22.9 Å². The fourth-order valence-electron chi connectivity index (χ4n) is 8.25. The van der Waals surface area contributed by atoms with Gasteiger partial charge in [0.2, 0.25) is 0 Å². The van der Waals surface area contributed by atoms with Gasteiger partial charge in [0, 0.05) is 13.1 Å². The Kier molecular flexibility index (Phi) is 16.8. The van der Waals surface area contributed by atoms with Crippen LogP contribution in [-0.4, -0.2) is 69.3 Å². The van der Waals surface area contributed by atoms with Crippen molar-refractivity contribution >= 4 is 36.8 Å². The predicted octanol–water partition coefficient (Wildman–Crippen LogP) is 11.5. The Bertz CT molecular complexity index is 1270. The maximum atomic E-state index is 14.2. The molecule has 1 rings (SSSR count). The van der Waals surface area contributed by atoms with Gasteiger partial charge in [-0.1, -0.05) is 111 Å². The topological polar surface area (TPSA) is 83.5 Å². The standard InChI is InChI=1S/C40H77NO7Si3/c1-25(2)50(26(3)4,27(5)6)47-35-24-36(48-51(28(7)8,29(9)10)30(11)12)37(39(43)44-19)33(31(35)13)23-34(32(14)38(42)41(18)45-20)46-49(21,22)40(15,16)17/h24-30,32,34H,23H2,1-22H3/t32-,34+/m0/s1. The summed E-state index contributed by atoms with van der Waals surface area (Å²) in [7, 11) is -2.90. The van der Waals surface area contributed by atoms with Gasteiger partial charge in [0.25, 0.3) is 22.5 Å². The molecule has 8 nitrogen and oxygen atoms in total. The molecule has 0 aliphatic carbocycles. The molecule has 11 heteroatoms. The number of rotatable bonds is 18. The van der Waals surface area contributed by atoms with Gasteiger partial charge in [0.15, 0.2) is 8.32 Å². The van der Waals surface area contributed by atoms with E-state index >= 15 is 0 Å². The second kappa shape index (κ2) is 18.1. The highest BCUT2D eigenvalue weighted by molar-refractivity contribution is 6.79. The van der Waals surface area contributed by atoms with Crippen LogP contribution in [0.3, 0.4) is 0 Å². The lowest BCUT2D eigenvalue weighted by Gasteiger charge is -2.44. The molecule has 0 aliphatic rings. The minimum Gasteiger partial charge on any atom is -0.542 e. The molecule has 0 fully saturated rings. The molecule has 2 atom stereocenters. The number of methoxy groups -OCH3 is 1. The first-order valence-corrected chi connectivity index (χ1v) is 26.4. The normalized spacial score (nSPS) is 14.6. The zero-order valence-electron chi connectivity index (χ0n) is 36.7. The highest BCUT2D eigenvalue weighted by atomic mass is 28.4. The molecule has 0 saturated heterocycles. The highest BCUT2D eigenvalue weighted by Crippen LogP contribution is 2.49. The van der Waals surface area contributed by atoms with Gasteiger partial charge in [0.1, 0.15) is 17.1 Å². The van der Waals surface area contributed by atoms with Crippen LogP contribution in [0.1, 0.15) is 132 Å². The first-order valence-electron chi connectivity index (χ1n) is 19.2. The SMILES string of the molecule is COC(=O)c1c(O[Si](C(C)C)(C(C)C)C(C)C)cc(O[Si](C(C)C)(C(C)C)C(C)C)c(C)c1C[C@@H](O[Si](C)(C)C(C)(C)C)[C@H](C)C(=O)N(C)OC. The monoisotopic (exact) mass is 768 g/mol. The fraction of sp³-hybridized carbons (Fsp3) is 0.800. The molecule has 1 amide bonds. The molecule has 0 radical (unpaired) electrons. The first-order chi connectivity index (χ1) is 23.1. The van der Waals surface area contributed by atoms with E-state index in [1.54, 1.807) is 7.05 Å². The first kappa shape index (κ1) is 47.4. The third kappa shape index (κ3) is 9.91. The van der Waals surface area contributed by atoms with Crippen molar-refractivity contribution in [3.05, 3.63) is 22.8 Å². The van der Waals surface area contributed by atoms with Crippen molar-refractivity contribution in [3.8, 4) is 11.5 Å². The van der Waals surface area contributed by atoms with Crippen LogP contribution in [0.5, 0.6) is 11.5 Å². The van der Waals surface area contributed by atoms with Crippen LogP contribution >= 0.6 is 0 Å². The Morgan fingerprint density at radius 1 is 0.725 bits per heavy atom.